The van der Waals surface area contributed by atoms with Crippen LogP contribution in [-0.2, 0) is 14.8 Å². The predicted octanol–water partition coefficient (Wildman–Crippen LogP) is 1.70. The molecule has 1 unspecified atom stereocenters. The molecule has 0 aliphatic heterocycles. The molecule has 9 heteroatoms. The van der Waals surface area contributed by atoms with Gasteiger partial charge in [-0.05, 0) is 19.4 Å². The van der Waals surface area contributed by atoms with Crippen LogP contribution in [-0.4, -0.2) is 43.8 Å². The minimum Gasteiger partial charge on any atom is -0.479 e. The Kier molecular flexibility index (Phi) is 5.53. The van der Waals surface area contributed by atoms with E-state index < -0.39 is 33.0 Å². The smallest absolute Gasteiger partial charge is 0.330 e. The molecule has 0 aliphatic rings. The Morgan fingerprint density at radius 3 is 2.19 bits per heavy atom. The van der Waals surface area contributed by atoms with Gasteiger partial charge < -0.3 is 14.8 Å². The van der Waals surface area contributed by atoms with Gasteiger partial charge in [0.25, 0.3) is 15.9 Å². The second-order valence-corrected chi connectivity index (χ2v) is 8.19. The molecule has 2 aromatic rings. The van der Waals surface area contributed by atoms with Gasteiger partial charge in [-0.3, -0.25) is 4.79 Å². The topological polar surface area (TPSA) is 117 Å². The molecule has 1 aromatic heterocycles. The Labute approximate surface area is 151 Å². The Morgan fingerprint density at radius 2 is 1.69 bits per heavy atom. The van der Waals surface area contributed by atoms with Gasteiger partial charge in [0, 0.05) is 20.2 Å². The molecule has 0 spiro atoms. The minimum atomic E-state index is -3.83. The zero-order chi connectivity index (χ0) is 19.6. The lowest BCUT2D eigenvalue weighted by atomic mass is 10.0. The molecule has 2 rings (SSSR count). The number of carbonyl (C=O) groups excluding carboxylic acids is 1. The maximum atomic E-state index is 12.4. The molecule has 0 saturated carbocycles. The second kappa shape index (κ2) is 7.30. The molecule has 0 radical (unpaired) electrons. The maximum absolute atomic E-state index is 12.4. The van der Waals surface area contributed by atoms with Crippen molar-refractivity contribution in [2.75, 3.05) is 14.1 Å². The monoisotopic (exact) mass is 380 g/mol. The van der Waals surface area contributed by atoms with E-state index in [1.54, 1.807) is 12.1 Å². The SMILES string of the molecule is Cc1cc(C)cc(C(NC(=O)c2coc(S(=O)(=O)N(C)C)c2)C(=O)O)c1. The fraction of sp³-hybridized carbons (Fsp3) is 0.294. The first-order valence-electron chi connectivity index (χ1n) is 7.65. The van der Waals surface area contributed by atoms with Crippen LogP contribution < -0.4 is 5.32 Å². The Balaban J connectivity index is 2.29. The Hall–Kier alpha value is -2.65. The molecule has 2 N–H and O–H groups in total. The average Bonchev–Trinajstić information content (AvgIpc) is 3.01. The lowest BCUT2D eigenvalue weighted by Crippen LogP contribution is -2.33. The van der Waals surface area contributed by atoms with Crippen LogP contribution in [0.4, 0.5) is 0 Å². The van der Waals surface area contributed by atoms with E-state index in [4.69, 9.17) is 4.42 Å². The summed E-state index contributed by atoms with van der Waals surface area (Å²) in [5.74, 6) is -1.98. The van der Waals surface area contributed by atoms with Crippen LogP contribution in [0.1, 0.15) is 33.1 Å². The number of aliphatic carboxylic acids is 1. The second-order valence-electron chi connectivity index (χ2n) is 6.11. The van der Waals surface area contributed by atoms with Crippen molar-refractivity contribution < 1.29 is 27.5 Å². The van der Waals surface area contributed by atoms with Crippen molar-refractivity contribution in [1.29, 1.82) is 0 Å². The number of amides is 1. The lowest BCUT2D eigenvalue weighted by Gasteiger charge is -2.15. The largest absolute Gasteiger partial charge is 0.479 e. The van der Waals surface area contributed by atoms with Crippen molar-refractivity contribution in [1.82, 2.24) is 9.62 Å². The van der Waals surface area contributed by atoms with Crippen LogP contribution in [0.25, 0.3) is 0 Å². The van der Waals surface area contributed by atoms with E-state index in [0.717, 1.165) is 27.8 Å². The van der Waals surface area contributed by atoms with Crippen molar-refractivity contribution in [3.63, 3.8) is 0 Å². The number of nitrogens with one attached hydrogen (secondary N) is 1. The first kappa shape index (κ1) is 19.7. The van der Waals surface area contributed by atoms with Gasteiger partial charge in [-0.2, -0.15) is 0 Å². The van der Waals surface area contributed by atoms with Crippen molar-refractivity contribution in [2.24, 2.45) is 0 Å². The van der Waals surface area contributed by atoms with E-state index in [1.165, 1.54) is 14.1 Å². The third-order valence-electron chi connectivity index (χ3n) is 3.67. The highest BCUT2D eigenvalue weighted by atomic mass is 32.2. The summed E-state index contributed by atoms with van der Waals surface area (Å²) in [6.07, 6.45) is 0.978. The molecule has 1 aromatic carbocycles. The van der Waals surface area contributed by atoms with Gasteiger partial charge in [-0.25, -0.2) is 17.5 Å². The number of hydrogen-bond acceptors (Lipinski definition) is 5. The summed E-state index contributed by atoms with van der Waals surface area (Å²) in [5, 5.41) is 11.5. The number of furan rings is 1. The number of rotatable bonds is 6. The average molecular weight is 380 g/mol. The number of sulfonamides is 1. The summed E-state index contributed by atoms with van der Waals surface area (Å²) in [4.78, 5) is 24.0. The number of hydrogen-bond donors (Lipinski definition) is 2. The van der Waals surface area contributed by atoms with E-state index in [9.17, 15) is 23.1 Å². The molecule has 0 aliphatic carbocycles. The van der Waals surface area contributed by atoms with Crippen molar-refractivity contribution in [3.05, 3.63) is 52.8 Å². The molecule has 0 fully saturated rings. The first-order valence-corrected chi connectivity index (χ1v) is 9.09. The van der Waals surface area contributed by atoms with Crippen LogP contribution in [0.2, 0.25) is 0 Å². The van der Waals surface area contributed by atoms with Gasteiger partial charge in [-0.1, -0.05) is 29.3 Å². The van der Waals surface area contributed by atoms with E-state index >= 15 is 0 Å². The molecule has 1 heterocycles. The highest BCUT2D eigenvalue weighted by Gasteiger charge is 2.27. The Bertz CT molecular complexity index is 926. The van der Waals surface area contributed by atoms with E-state index in [-0.39, 0.29) is 5.56 Å². The third-order valence-corrected chi connectivity index (χ3v) is 5.36. The zero-order valence-corrected chi connectivity index (χ0v) is 15.6. The van der Waals surface area contributed by atoms with Gasteiger partial charge in [0.1, 0.15) is 6.26 Å². The quantitative estimate of drug-likeness (QED) is 0.788. The third kappa shape index (κ3) is 4.12. The molecule has 26 heavy (non-hydrogen) atoms. The highest BCUT2D eigenvalue weighted by molar-refractivity contribution is 7.88. The summed E-state index contributed by atoms with van der Waals surface area (Å²) >= 11 is 0. The van der Waals surface area contributed by atoms with Gasteiger partial charge in [0.15, 0.2) is 6.04 Å². The first-order chi connectivity index (χ1) is 12.0. The summed E-state index contributed by atoms with van der Waals surface area (Å²) in [5.41, 5.74) is 2.07. The van der Waals surface area contributed by atoms with Crippen molar-refractivity contribution in [3.8, 4) is 0 Å². The predicted molar refractivity (Wildman–Crippen MR) is 93.3 cm³/mol. The van der Waals surface area contributed by atoms with Crippen molar-refractivity contribution >= 4 is 21.9 Å². The standard InChI is InChI=1S/C17H20N2O6S/c1-10-5-11(2)7-12(6-10)15(17(21)22)18-16(20)13-8-14(25-9-13)26(23,24)19(3)4/h5-9,15H,1-4H3,(H,18,20)(H,21,22). The van der Waals surface area contributed by atoms with Crippen LogP contribution in [0.15, 0.2) is 40.0 Å². The lowest BCUT2D eigenvalue weighted by molar-refractivity contribution is -0.139. The fourth-order valence-electron chi connectivity index (χ4n) is 2.43. The van der Waals surface area contributed by atoms with Crippen LogP contribution >= 0.6 is 0 Å². The number of carbonyl (C=O) groups is 2. The van der Waals surface area contributed by atoms with Gasteiger partial charge in [0.2, 0.25) is 5.09 Å². The van der Waals surface area contributed by atoms with Gasteiger partial charge in [-0.15, -0.1) is 0 Å². The summed E-state index contributed by atoms with van der Waals surface area (Å²) in [7, 11) is -1.16. The van der Waals surface area contributed by atoms with Crippen molar-refractivity contribution in [2.45, 2.75) is 25.0 Å². The maximum Gasteiger partial charge on any atom is 0.330 e. The minimum absolute atomic E-state index is 0.0824. The van der Waals surface area contributed by atoms with Gasteiger partial charge >= 0.3 is 5.97 Å². The Morgan fingerprint density at radius 1 is 1.12 bits per heavy atom. The number of aryl methyl sites for hydroxylation is 2. The fourth-order valence-corrected chi connectivity index (χ4v) is 3.23. The molecular weight excluding hydrogens is 360 g/mol. The molecular formula is C17H20N2O6S. The summed E-state index contributed by atoms with van der Waals surface area (Å²) in [6.45, 7) is 3.65. The highest BCUT2D eigenvalue weighted by Crippen LogP contribution is 2.20. The van der Waals surface area contributed by atoms with Crippen LogP contribution in [0, 0.1) is 13.8 Å². The summed E-state index contributed by atoms with van der Waals surface area (Å²) < 4.78 is 29.9. The van der Waals surface area contributed by atoms with Gasteiger partial charge in [0.05, 0.1) is 5.56 Å². The molecule has 0 saturated heterocycles. The zero-order valence-electron chi connectivity index (χ0n) is 14.8. The molecule has 1 amide bonds. The molecule has 140 valence electrons. The normalized spacial score (nSPS) is 12.8. The molecule has 0 bridgehead atoms. The molecule has 1 atom stereocenters. The van der Waals surface area contributed by atoms with E-state index in [0.29, 0.717) is 5.56 Å². The van der Waals surface area contributed by atoms with E-state index in [1.807, 2.05) is 19.9 Å². The number of carboxylic acid groups (broad SMARTS) is 1. The summed E-state index contributed by atoms with van der Waals surface area (Å²) in [6, 6.07) is 5.01. The van der Waals surface area contributed by atoms with E-state index in [2.05, 4.69) is 5.32 Å². The number of nitrogens with zero attached hydrogens (tertiary/aromatic N) is 1. The van der Waals surface area contributed by atoms with Crippen LogP contribution in [0.3, 0.4) is 0 Å². The molecule has 8 nitrogen and oxygen atoms in total. The van der Waals surface area contributed by atoms with Crippen LogP contribution in [0.5, 0.6) is 0 Å². The number of benzene rings is 1. The number of carboxylic acids is 1.